The third-order valence-electron chi connectivity index (χ3n) is 4.65. The molecule has 1 N–H and O–H groups in total. The number of likely N-dealkylation sites (N-methyl/N-ethyl adjacent to an activating group) is 1. The van der Waals surface area contributed by atoms with E-state index in [1.807, 2.05) is 13.8 Å². The first kappa shape index (κ1) is 22.1. The summed E-state index contributed by atoms with van der Waals surface area (Å²) in [6.45, 7) is 6.17. The summed E-state index contributed by atoms with van der Waals surface area (Å²) in [5, 5.41) is 3.27. The molecular formula is C23H25FN2O5. The largest absolute Gasteiger partial charge is 0.490 e. The van der Waals surface area contributed by atoms with Crippen molar-refractivity contribution in [3.63, 3.8) is 0 Å². The van der Waals surface area contributed by atoms with Crippen molar-refractivity contribution in [1.82, 2.24) is 4.90 Å². The Hall–Kier alpha value is -3.55. The molecule has 0 saturated heterocycles. The fraction of sp³-hybridized carbons (Fsp3) is 0.304. The maximum absolute atomic E-state index is 13.5. The van der Waals surface area contributed by atoms with Gasteiger partial charge in [0.25, 0.3) is 5.91 Å². The smallest absolute Gasteiger partial charge is 0.290 e. The number of nitrogens with zero attached hydrogens (tertiary/aromatic N) is 1. The number of hydrogen-bond acceptors (Lipinski definition) is 5. The number of aryl methyl sites for hydroxylation is 1. The molecule has 0 aliphatic heterocycles. The van der Waals surface area contributed by atoms with Crippen molar-refractivity contribution in [3.8, 4) is 11.5 Å². The lowest BCUT2D eigenvalue weighted by molar-refractivity contribution is -0.116. The van der Waals surface area contributed by atoms with Gasteiger partial charge < -0.3 is 24.1 Å². The van der Waals surface area contributed by atoms with Crippen LogP contribution in [0.3, 0.4) is 0 Å². The summed E-state index contributed by atoms with van der Waals surface area (Å²) in [6, 6.07) is 9.15. The zero-order valence-electron chi connectivity index (χ0n) is 18.0. The number of fused-ring (bicyclic) bond motifs is 1. The Bertz CT molecular complexity index is 1110. The van der Waals surface area contributed by atoms with Crippen molar-refractivity contribution in [2.75, 3.05) is 32.1 Å². The van der Waals surface area contributed by atoms with Crippen LogP contribution in [0.5, 0.6) is 11.5 Å². The van der Waals surface area contributed by atoms with Crippen LogP contribution in [0.2, 0.25) is 0 Å². The van der Waals surface area contributed by atoms with Gasteiger partial charge in [0.15, 0.2) is 17.3 Å². The second-order valence-electron chi connectivity index (χ2n) is 6.93. The summed E-state index contributed by atoms with van der Waals surface area (Å²) in [5.74, 6) is -0.0723. The SMILES string of the molecule is CCOc1ccc(NC(=O)CN(C)C(=O)c2oc3ccc(F)cc3c2C)cc1OCC. The first-order valence-electron chi connectivity index (χ1n) is 9.97. The van der Waals surface area contributed by atoms with Gasteiger partial charge in [-0.1, -0.05) is 0 Å². The molecule has 0 radical (unpaired) electrons. The van der Waals surface area contributed by atoms with E-state index < -0.39 is 11.7 Å². The molecule has 0 unspecified atom stereocenters. The molecule has 2 aromatic carbocycles. The molecule has 1 heterocycles. The minimum Gasteiger partial charge on any atom is -0.490 e. The van der Waals surface area contributed by atoms with Gasteiger partial charge in [0.05, 0.1) is 19.8 Å². The average Bonchev–Trinajstić information content (AvgIpc) is 3.05. The van der Waals surface area contributed by atoms with Gasteiger partial charge in [0.2, 0.25) is 5.91 Å². The highest BCUT2D eigenvalue weighted by molar-refractivity contribution is 6.01. The maximum atomic E-state index is 13.5. The van der Waals surface area contributed by atoms with Gasteiger partial charge in [-0.2, -0.15) is 0 Å². The van der Waals surface area contributed by atoms with Crippen LogP contribution in [0.1, 0.15) is 30.0 Å². The molecular weight excluding hydrogens is 403 g/mol. The Morgan fingerprint density at radius 3 is 2.48 bits per heavy atom. The van der Waals surface area contributed by atoms with Crippen molar-refractivity contribution < 1.29 is 27.9 Å². The molecule has 0 bridgehead atoms. The summed E-state index contributed by atoms with van der Waals surface area (Å²) >= 11 is 0. The molecule has 1 aromatic heterocycles. The predicted octanol–water partition coefficient (Wildman–Crippen LogP) is 4.39. The molecule has 7 nitrogen and oxygen atoms in total. The Kier molecular flexibility index (Phi) is 6.79. The van der Waals surface area contributed by atoms with Crippen LogP contribution in [0.25, 0.3) is 11.0 Å². The van der Waals surface area contributed by atoms with E-state index in [1.165, 1.54) is 30.1 Å². The van der Waals surface area contributed by atoms with E-state index in [0.717, 1.165) is 0 Å². The first-order chi connectivity index (χ1) is 14.8. The van der Waals surface area contributed by atoms with E-state index in [-0.39, 0.29) is 18.2 Å². The minimum atomic E-state index is -0.467. The van der Waals surface area contributed by atoms with E-state index in [1.54, 1.807) is 25.1 Å². The lowest BCUT2D eigenvalue weighted by Crippen LogP contribution is -2.35. The monoisotopic (exact) mass is 428 g/mol. The van der Waals surface area contributed by atoms with Gasteiger partial charge in [-0.25, -0.2) is 4.39 Å². The number of nitrogens with one attached hydrogen (secondary N) is 1. The van der Waals surface area contributed by atoms with Gasteiger partial charge in [0.1, 0.15) is 11.4 Å². The minimum absolute atomic E-state index is 0.0793. The zero-order chi connectivity index (χ0) is 22.5. The highest BCUT2D eigenvalue weighted by Gasteiger charge is 2.23. The molecule has 8 heteroatoms. The van der Waals surface area contributed by atoms with E-state index in [2.05, 4.69) is 5.32 Å². The van der Waals surface area contributed by atoms with Gasteiger partial charge in [0, 0.05) is 29.8 Å². The van der Waals surface area contributed by atoms with Crippen LogP contribution >= 0.6 is 0 Å². The molecule has 0 aliphatic rings. The highest BCUT2D eigenvalue weighted by Crippen LogP contribution is 2.31. The number of carbonyl (C=O) groups is 2. The van der Waals surface area contributed by atoms with E-state index in [9.17, 15) is 14.0 Å². The van der Waals surface area contributed by atoms with Crippen LogP contribution in [0.15, 0.2) is 40.8 Å². The van der Waals surface area contributed by atoms with Crippen molar-refractivity contribution in [2.45, 2.75) is 20.8 Å². The van der Waals surface area contributed by atoms with Crippen LogP contribution in [0, 0.1) is 12.7 Å². The van der Waals surface area contributed by atoms with Crippen LogP contribution in [0.4, 0.5) is 10.1 Å². The molecule has 0 spiro atoms. The molecule has 3 aromatic rings. The standard InChI is InChI=1S/C23H25FN2O5/c1-5-29-19-10-8-16(12-20(19)30-6-2)25-21(27)13-26(4)23(28)22-14(3)17-11-15(24)7-9-18(17)31-22/h7-12H,5-6,13H2,1-4H3,(H,25,27). The number of furan rings is 1. The predicted molar refractivity (Wildman–Crippen MR) is 115 cm³/mol. The number of amides is 2. The van der Waals surface area contributed by atoms with Crippen LogP contribution in [-0.4, -0.2) is 43.5 Å². The maximum Gasteiger partial charge on any atom is 0.290 e. The Morgan fingerprint density at radius 2 is 1.77 bits per heavy atom. The van der Waals surface area contributed by atoms with Crippen LogP contribution < -0.4 is 14.8 Å². The summed E-state index contributed by atoms with van der Waals surface area (Å²) < 4.78 is 30.2. The zero-order valence-corrected chi connectivity index (χ0v) is 18.0. The number of rotatable bonds is 8. The fourth-order valence-corrected chi connectivity index (χ4v) is 3.19. The van der Waals surface area contributed by atoms with Gasteiger partial charge >= 0.3 is 0 Å². The number of anilines is 1. The van der Waals surface area contributed by atoms with Gasteiger partial charge in [-0.05, 0) is 51.1 Å². The molecule has 31 heavy (non-hydrogen) atoms. The molecule has 0 atom stereocenters. The lowest BCUT2D eigenvalue weighted by atomic mass is 10.1. The first-order valence-corrected chi connectivity index (χ1v) is 9.97. The summed E-state index contributed by atoms with van der Waals surface area (Å²) in [6.07, 6.45) is 0. The van der Waals surface area contributed by atoms with E-state index in [0.29, 0.717) is 46.9 Å². The van der Waals surface area contributed by atoms with Crippen LogP contribution in [-0.2, 0) is 4.79 Å². The van der Waals surface area contributed by atoms with Gasteiger partial charge in [-0.15, -0.1) is 0 Å². The summed E-state index contributed by atoms with van der Waals surface area (Å²) in [5.41, 5.74) is 1.46. The average molecular weight is 428 g/mol. The Balaban J connectivity index is 1.70. The number of halogens is 1. The molecule has 164 valence electrons. The quantitative estimate of drug-likeness (QED) is 0.576. The van der Waals surface area contributed by atoms with Crippen molar-refractivity contribution in [1.29, 1.82) is 0 Å². The van der Waals surface area contributed by atoms with Gasteiger partial charge in [-0.3, -0.25) is 9.59 Å². The van der Waals surface area contributed by atoms with Crippen molar-refractivity contribution >= 4 is 28.5 Å². The lowest BCUT2D eigenvalue weighted by Gasteiger charge is -2.17. The normalized spacial score (nSPS) is 10.7. The second kappa shape index (κ2) is 9.51. The Morgan fingerprint density at radius 1 is 1.06 bits per heavy atom. The third kappa shape index (κ3) is 4.96. The third-order valence-corrected chi connectivity index (χ3v) is 4.65. The molecule has 2 amide bonds. The number of hydrogen-bond donors (Lipinski definition) is 1. The topological polar surface area (TPSA) is 81.0 Å². The van der Waals surface area contributed by atoms with Crippen molar-refractivity contribution in [2.24, 2.45) is 0 Å². The number of carbonyl (C=O) groups excluding carboxylic acids is 2. The molecule has 3 rings (SSSR count). The molecule has 0 aliphatic carbocycles. The summed E-state index contributed by atoms with van der Waals surface area (Å²) in [7, 11) is 1.50. The van der Waals surface area contributed by atoms with Crippen molar-refractivity contribution in [3.05, 3.63) is 53.5 Å². The van der Waals surface area contributed by atoms with E-state index >= 15 is 0 Å². The Labute approximate surface area is 179 Å². The molecule has 0 saturated carbocycles. The highest BCUT2D eigenvalue weighted by atomic mass is 19.1. The fourth-order valence-electron chi connectivity index (χ4n) is 3.19. The van der Waals surface area contributed by atoms with E-state index in [4.69, 9.17) is 13.9 Å². The number of ether oxygens (including phenoxy) is 2. The second-order valence-corrected chi connectivity index (χ2v) is 6.93. The molecule has 0 fully saturated rings. The number of benzene rings is 2. The summed E-state index contributed by atoms with van der Waals surface area (Å²) in [4.78, 5) is 26.5.